The van der Waals surface area contributed by atoms with Crippen molar-refractivity contribution in [3.05, 3.63) is 34.9 Å². The predicted octanol–water partition coefficient (Wildman–Crippen LogP) is 3.81. The van der Waals surface area contributed by atoms with Gasteiger partial charge < -0.3 is 5.32 Å². The minimum atomic E-state index is -4.29. The van der Waals surface area contributed by atoms with Crippen molar-refractivity contribution in [2.45, 2.75) is 32.0 Å². The molecule has 0 fully saturated rings. The Morgan fingerprint density at radius 2 is 1.71 bits per heavy atom. The van der Waals surface area contributed by atoms with Crippen LogP contribution in [0.5, 0.6) is 0 Å². The lowest BCUT2D eigenvalue weighted by Gasteiger charge is -2.33. The molecule has 0 heterocycles. The fourth-order valence-electron chi connectivity index (χ4n) is 1.66. The Bertz CT molecular complexity index is 361. The molecule has 5 heteroatoms. The molecule has 0 aliphatic carbocycles. The fraction of sp³-hybridized carbons (Fsp3) is 0.500. The van der Waals surface area contributed by atoms with Gasteiger partial charge in [-0.15, -0.1) is 0 Å². The highest BCUT2D eigenvalue weighted by Crippen LogP contribution is 2.33. The summed E-state index contributed by atoms with van der Waals surface area (Å²) < 4.78 is 38.9. The third-order valence-electron chi connectivity index (χ3n) is 2.66. The highest BCUT2D eigenvalue weighted by Gasteiger charge is 2.50. The quantitative estimate of drug-likeness (QED) is 0.873. The van der Waals surface area contributed by atoms with Crippen LogP contribution in [0.1, 0.15) is 19.4 Å². The van der Waals surface area contributed by atoms with Crippen molar-refractivity contribution in [3.8, 4) is 0 Å². The van der Waals surface area contributed by atoms with E-state index in [2.05, 4.69) is 5.32 Å². The van der Waals surface area contributed by atoms with E-state index in [1.165, 1.54) is 6.92 Å². The molecule has 0 saturated carbocycles. The lowest BCUT2D eigenvalue weighted by Crippen LogP contribution is -2.55. The van der Waals surface area contributed by atoms with E-state index in [1.54, 1.807) is 31.2 Å². The van der Waals surface area contributed by atoms with Gasteiger partial charge in [-0.3, -0.25) is 0 Å². The van der Waals surface area contributed by atoms with Gasteiger partial charge in [0.15, 0.2) is 0 Å². The molecule has 17 heavy (non-hydrogen) atoms. The third kappa shape index (κ3) is 3.61. The minimum absolute atomic E-state index is 0.110. The second kappa shape index (κ2) is 5.27. The summed E-state index contributed by atoms with van der Waals surface area (Å²) >= 11 is 5.70. The molecular formula is C12H15ClF3N. The summed E-state index contributed by atoms with van der Waals surface area (Å²) in [6, 6.07) is 6.42. The molecule has 0 aliphatic rings. The first kappa shape index (κ1) is 14.3. The normalized spacial score (nSPS) is 15.6. The molecule has 0 aromatic heterocycles. The van der Waals surface area contributed by atoms with E-state index < -0.39 is 11.7 Å². The van der Waals surface area contributed by atoms with E-state index in [0.29, 0.717) is 10.6 Å². The Hall–Kier alpha value is -0.740. The van der Waals surface area contributed by atoms with Crippen molar-refractivity contribution in [2.75, 3.05) is 6.54 Å². The highest BCUT2D eigenvalue weighted by molar-refractivity contribution is 6.30. The van der Waals surface area contributed by atoms with Gasteiger partial charge in [0.1, 0.15) is 5.54 Å². The zero-order chi connectivity index (χ0) is 13.1. The van der Waals surface area contributed by atoms with Gasteiger partial charge in [0.2, 0.25) is 0 Å². The van der Waals surface area contributed by atoms with Crippen LogP contribution in [-0.2, 0) is 6.42 Å². The summed E-state index contributed by atoms with van der Waals surface area (Å²) in [5, 5.41) is 3.02. The van der Waals surface area contributed by atoms with E-state index in [9.17, 15) is 13.2 Å². The fourth-order valence-corrected chi connectivity index (χ4v) is 1.79. The molecule has 0 amide bonds. The van der Waals surface area contributed by atoms with Gasteiger partial charge >= 0.3 is 6.18 Å². The van der Waals surface area contributed by atoms with Crippen LogP contribution in [0, 0.1) is 0 Å². The SMILES string of the molecule is CCNC(C)(Cc1ccc(Cl)cc1)C(F)(F)F. The number of nitrogens with one attached hydrogen (secondary N) is 1. The first-order valence-electron chi connectivity index (χ1n) is 5.35. The minimum Gasteiger partial charge on any atom is -0.304 e. The maximum atomic E-state index is 13.0. The average molecular weight is 266 g/mol. The predicted molar refractivity (Wildman–Crippen MR) is 63.3 cm³/mol. The summed E-state index contributed by atoms with van der Waals surface area (Å²) in [4.78, 5) is 0. The van der Waals surface area contributed by atoms with Gasteiger partial charge in [-0.2, -0.15) is 13.2 Å². The lowest BCUT2D eigenvalue weighted by atomic mass is 9.92. The Labute approximate surface area is 104 Å². The summed E-state index contributed by atoms with van der Waals surface area (Å²) in [6.45, 7) is 3.10. The Morgan fingerprint density at radius 3 is 2.12 bits per heavy atom. The van der Waals surface area contributed by atoms with Crippen LogP contribution >= 0.6 is 11.6 Å². The van der Waals surface area contributed by atoms with Crippen LogP contribution in [0.3, 0.4) is 0 Å². The van der Waals surface area contributed by atoms with Crippen LogP contribution in [0.2, 0.25) is 5.02 Å². The molecule has 1 rings (SSSR count). The molecule has 0 saturated heterocycles. The van der Waals surface area contributed by atoms with E-state index in [0.717, 1.165) is 0 Å². The van der Waals surface area contributed by atoms with Crippen LogP contribution in [0.15, 0.2) is 24.3 Å². The van der Waals surface area contributed by atoms with Gasteiger partial charge in [-0.25, -0.2) is 0 Å². The molecular weight excluding hydrogens is 251 g/mol. The molecule has 1 nitrogen and oxygen atoms in total. The number of alkyl halides is 3. The first-order chi connectivity index (χ1) is 7.78. The Balaban J connectivity index is 2.91. The monoisotopic (exact) mass is 265 g/mol. The van der Waals surface area contributed by atoms with Gasteiger partial charge in [0.25, 0.3) is 0 Å². The second-order valence-corrected chi connectivity index (χ2v) is 4.60. The molecule has 1 aromatic carbocycles. The maximum Gasteiger partial charge on any atom is 0.406 e. The van der Waals surface area contributed by atoms with Crippen LogP contribution < -0.4 is 5.32 Å². The number of likely N-dealkylation sites (N-methyl/N-ethyl adjacent to an activating group) is 1. The number of halogens is 4. The number of hydrogen-bond acceptors (Lipinski definition) is 1. The zero-order valence-electron chi connectivity index (χ0n) is 9.74. The molecule has 1 unspecified atom stereocenters. The largest absolute Gasteiger partial charge is 0.406 e. The average Bonchev–Trinajstić information content (AvgIpc) is 2.20. The van der Waals surface area contributed by atoms with Gasteiger partial charge in [0, 0.05) is 5.02 Å². The summed E-state index contributed by atoms with van der Waals surface area (Å²) in [5.41, 5.74) is -1.30. The van der Waals surface area contributed by atoms with Crippen LogP contribution in [0.4, 0.5) is 13.2 Å². The molecule has 1 aromatic rings. The van der Waals surface area contributed by atoms with Crippen molar-refractivity contribution < 1.29 is 13.2 Å². The molecule has 1 N–H and O–H groups in total. The maximum absolute atomic E-state index is 13.0. The molecule has 1 atom stereocenters. The van der Waals surface area contributed by atoms with E-state index in [1.807, 2.05) is 0 Å². The topological polar surface area (TPSA) is 12.0 Å². The third-order valence-corrected chi connectivity index (χ3v) is 2.92. The number of benzene rings is 1. The number of hydrogen-bond donors (Lipinski definition) is 1. The van der Waals surface area contributed by atoms with Crippen LogP contribution in [0.25, 0.3) is 0 Å². The molecule has 0 bridgehead atoms. The Morgan fingerprint density at radius 1 is 1.18 bits per heavy atom. The van der Waals surface area contributed by atoms with Gasteiger partial charge in [-0.1, -0.05) is 30.7 Å². The molecule has 96 valence electrons. The second-order valence-electron chi connectivity index (χ2n) is 4.16. The smallest absolute Gasteiger partial charge is 0.304 e. The summed E-state index contributed by atoms with van der Waals surface area (Å²) in [7, 11) is 0. The lowest BCUT2D eigenvalue weighted by molar-refractivity contribution is -0.190. The van der Waals surface area contributed by atoms with E-state index >= 15 is 0 Å². The number of rotatable bonds is 4. The van der Waals surface area contributed by atoms with Gasteiger partial charge in [0.05, 0.1) is 0 Å². The van der Waals surface area contributed by atoms with Gasteiger partial charge in [-0.05, 0) is 37.6 Å². The van der Waals surface area contributed by atoms with Crippen molar-refractivity contribution in [2.24, 2.45) is 0 Å². The van der Waals surface area contributed by atoms with Crippen LogP contribution in [-0.4, -0.2) is 18.3 Å². The first-order valence-corrected chi connectivity index (χ1v) is 5.72. The highest BCUT2D eigenvalue weighted by atomic mass is 35.5. The zero-order valence-corrected chi connectivity index (χ0v) is 10.5. The summed E-state index contributed by atoms with van der Waals surface area (Å²) in [6.07, 6.45) is -4.40. The van der Waals surface area contributed by atoms with E-state index in [-0.39, 0.29) is 13.0 Å². The molecule has 0 radical (unpaired) electrons. The molecule has 0 aliphatic heterocycles. The summed E-state index contributed by atoms with van der Waals surface area (Å²) in [5.74, 6) is 0. The standard InChI is InChI=1S/C12H15ClF3N/c1-3-17-11(2,12(14,15)16)8-9-4-6-10(13)7-5-9/h4-7,17H,3,8H2,1-2H3. The van der Waals surface area contributed by atoms with E-state index in [4.69, 9.17) is 11.6 Å². The van der Waals surface area contributed by atoms with Crippen molar-refractivity contribution >= 4 is 11.6 Å². The molecule has 0 spiro atoms. The van der Waals surface area contributed by atoms with Crippen molar-refractivity contribution in [1.29, 1.82) is 0 Å². The van der Waals surface area contributed by atoms with Crippen molar-refractivity contribution in [3.63, 3.8) is 0 Å². The van der Waals surface area contributed by atoms with Crippen molar-refractivity contribution in [1.82, 2.24) is 5.32 Å². The Kier molecular flexibility index (Phi) is 4.44.